The average Bonchev–Trinajstić information content (AvgIpc) is 2.94. The number of aryl methyl sites for hydroxylation is 1. The van der Waals surface area contributed by atoms with Gasteiger partial charge in [0, 0.05) is 20.1 Å². The minimum Gasteiger partial charge on any atom is -0.352 e. The van der Waals surface area contributed by atoms with E-state index in [0.29, 0.717) is 18.5 Å². The van der Waals surface area contributed by atoms with Crippen molar-refractivity contribution in [1.82, 2.24) is 30.7 Å². The second-order valence-electron chi connectivity index (χ2n) is 5.48. The molecule has 1 aromatic heterocycles. The predicted molar refractivity (Wildman–Crippen MR) is 99.6 cm³/mol. The summed E-state index contributed by atoms with van der Waals surface area (Å²) in [6, 6.07) is 0.330. The Morgan fingerprint density at radius 3 is 2.70 bits per heavy atom. The van der Waals surface area contributed by atoms with E-state index in [9.17, 15) is 4.79 Å². The van der Waals surface area contributed by atoms with Crippen molar-refractivity contribution in [3.8, 4) is 0 Å². The Kier molecular flexibility index (Phi) is 8.89. The van der Waals surface area contributed by atoms with Crippen LogP contribution in [-0.2, 0) is 18.4 Å². The number of aromatic nitrogens is 3. The first-order chi connectivity index (χ1) is 10.7. The number of nitrogens with zero attached hydrogens (tertiary/aromatic N) is 4. The second-order valence-corrected chi connectivity index (χ2v) is 5.48. The van der Waals surface area contributed by atoms with E-state index < -0.39 is 0 Å². The molecular formula is C14H26IN7O. The molecule has 1 saturated carbocycles. The molecule has 9 heteroatoms. The van der Waals surface area contributed by atoms with Crippen LogP contribution < -0.4 is 16.0 Å². The summed E-state index contributed by atoms with van der Waals surface area (Å²) in [7, 11) is 3.50. The molecule has 0 aromatic carbocycles. The summed E-state index contributed by atoms with van der Waals surface area (Å²) in [5, 5.41) is 13.2. The summed E-state index contributed by atoms with van der Waals surface area (Å²) < 4.78 is 1.69. The molecule has 1 aliphatic carbocycles. The molecule has 1 aliphatic rings. The Morgan fingerprint density at radius 2 is 2.09 bits per heavy atom. The predicted octanol–water partition coefficient (Wildman–Crippen LogP) is 0.547. The number of carbonyl (C=O) groups is 1. The maximum absolute atomic E-state index is 11.9. The number of hydrogen-bond acceptors (Lipinski definition) is 4. The van der Waals surface area contributed by atoms with E-state index in [2.05, 4.69) is 31.0 Å². The van der Waals surface area contributed by atoms with Gasteiger partial charge in [-0.25, -0.2) is 4.98 Å². The first kappa shape index (κ1) is 19.7. The van der Waals surface area contributed by atoms with Crippen LogP contribution in [0, 0.1) is 0 Å². The van der Waals surface area contributed by atoms with Gasteiger partial charge in [0.05, 0.1) is 13.1 Å². The second kappa shape index (κ2) is 10.4. The summed E-state index contributed by atoms with van der Waals surface area (Å²) in [4.78, 5) is 20.2. The van der Waals surface area contributed by atoms with Crippen LogP contribution in [0.3, 0.4) is 0 Å². The third kappa shape index (κ3) is 6.71. The zero-order chi connectivity index (χ0) is 15.8. The number of amides is 1. The lowest BCUT2D eigenvalue weighted by atomic mass is 9.95. The third-order valence-corrected chi connectivity index (χ3v) is 3.83. The molecule has 0 aliphatic heterocycles. The number of hydrogen-bond donors (Lipinski definition) is 3. The van der Waals surface area contributed by atoms with Gasteiger partial charge in [0.15, 0.2) is 5.96 Å². The largest absolute Gasteiger partial charge is 0.352 e. The number of rotatable bonds is 5. The van der Waals surface area contributed by atoms with Gasteiger partial charge in [0.1, 0.15) is 12.2 Å². The van der Waals surface area contributed by atoms with Crippen LogP contribution in [0.1, 0.15) is 37.9 Å². The highest BCUT2D eigenvalue weighted by molar-refractivity contribution is 14.0. The molecule has 1 fully saturated rings. The standard InChI is InChI=1S/C14H25N7O.HI/c1-15-14(16-8-12-18-10-19-21(12)2)17-9-13(22)20-11-6-4-3-5-7-11;/h10-11H,3-9H2,1-2H3,(H,20,22)(H2,15,16,17);1H. The van der Waals surface area contributed by atoms with Crippen molar-refractivity contribution in [2.24, 2.45) is 12.0 Å². The Bertz CT molecular complexity index is 511. The molecule has 130 valence electrons. The molecule has 0 spiro atoms. The minimum atomic E-state index is 0. The highest BCUT2D eigenvalue weighted by Crippen LogP contribution is 2.16. The Balaban J connectivity index is 0.00000264. The van der Waals surface area contributed by atoms with Gasteiger partial charge >= 0.3 is 0 Å². The summed E-state index contributed by atoms with van der Waals surface area (Å²) in [5.41, 5.74) is 0. The Hall–Kier alpha value is -1.39. The SMILES string of the molecule is CN=C(NCC(=O)NC1CCCCC1)NCc1ncnn1C.I. The van der Waals surface area contributed by atoms with Gasteiger partial charge in [-0.05, 0) is 12.8 Å². The lowest BCUT2D eigenvalue weighted by Gasteiger charge is -2.23. The van der Waals surface area contributed by atoms with Crippen LogP contribution >= 0.6 is 24.0 Å². The van der Waals surface area contributed by atoms with Gasteiger partial charge in [-0.15, -0.1) is 24.0 Å². The van der Waals surface area contributed by atoms with Crippen molar-refractivity contribution >= 4 is 35.8 Å². The van der Waals surface area contributed by atoms with Crippen LogP contribution in [0.25, 0.3) is 0 Å². The number of halogens is 1. The van der Waals surface area contributed by atoms with Crippen molar-refractivity contribution in [2.45, 2.75) is 44.7 Å². The van der Waals surface area contributed by atoms with Crippen LogP contribution in [0.2, 0.25) is 0 Å². The molecule has 3 N–H and O–H groups in total. The molecular weight excluding hydrogens is 409 g/mol. The van der Waals surface area contributed by atoms with E-state index in [4.69, 9.17) is 0 Å². The molecule has 1 amide bonds. The molecule has 23 heavy (non-hydrogen) atoms. The number of carbonyl (C=O) groups excluding carboxylic acids is 1. The van der Waals surface area contributed by atoms with Gasteiger partial charge in [-0.2, -0.15) is 5.10 Å². The van der Waals surface area contributed by atoms with Gasteiger partial charge < -0.3 is 16.0 Å². The van der Waals surface area contributed by atoms with Crippen LogP contribution in [-0.4, -0.2) is 46.3 Å². The zero-order valence-electron chi connectivity index (χ0n) is 13.7. The van der Waals surface area contributed by atoms with Crippen LogP contribution in [0.15, 0.2) is 11.3 Å². The summed E-state index contributed by atoms with van der Waals surface area (Å²) >= 11 is 0. The van der Waals surface area contributed by atoms with Crippen molar-refractivity contribution < 1.29 is 4.79 Å². The normalized spacial score (nSPS) is 15.7. The molecule has 0 atom stereocenters. The maximum atomic E-state index is 11.9. The van der Waals surface area contributed by atoms with E-state index in [0.717, 1.165) is 18.7 Å². The van der Waals surface area contributed by atoms with Gasteiger partial charge in [-0.1, -0.05) is 19.3 Å². The number of aliphatic imine (C=N–C) groups is 1. The quantitative estimate of drug-likeness (QED) is 0.357. The first-order valence-electron chi connectivity index (χ1n) is 7.76. The fraction of sp³-hybridized carbons (Fsp3) is 0.714. The van der Waals surface area contributed by atoms with E-state index in [-0.39, 0.29) is 36.4 Å². The van der Waals surface area contributed by atoms with Crippen molar-refractivity contribution in [3.05, 3.63) is 12.2 Å². The monoisotopic (exact) mass is 435 g/mol. The smallest absolute Gasteiger partial charge is 0.239 e. The molecule has 0 saturated heterocycles. The molecule has 8 nitrogen and oxygen atoms in total. The van der Waals surface area contributed by atoms with Crippen LogP contribution in [0.5, 0.6) is 0 Å². The first-order valence-corrected chi connectivity index (χ1v) is 7.76. The summed E-state index contributed by atoms with van der Waals surface area (Å²) in [6.07, 6.45) is 7.38. The molecule has 0 bridgehead atoms. The van der Waals surface area contributed by atoms with E-state index in [1.807, 2.05) is 7.05 Å². The molecule has 1 heterocycles. The number of nitrogens with one attached hydrogen (secondary N) is 3. The summed E-state index contributed by atoms with van der Waals surface area (Å²) in [6.45, 7) is 0.718. The molecule has 0 unspecified atom stereocenters. The lowest BCUT2D eigenvalue weighted by Crippen LogP contribution is -2.46. The molecule has 0 radical (unpaired) electrons. The number of guanidine groups is 1. The van der Waals surface area contributed by atoms with E-state index in [1.54, 1.807) is 11.7 Å². The van der Waals surface area contributed by atoms with Crippen molar-refractivity contribution in [1.29, 1.82) is 0 Å². The van der Waals surface area contributed by atoms with E-state index in [1.165, 1.54) is 25.6 Å². The molecule has 2 rings (SSSR count). The van der Waals surface area contributed by atoms with Crippen LogP contribution in [0.4, 0.5) is 0 Å². The Morgan fingerprint density at radius 1 is 1.35 bits per heavy atom. The Labute approximate surface area is 153 Å². The van der Waals surface area contributed by atoms with Gasteiger partial charge in [0.25, 0.3) is 0 Å². The average molecular weight is 435 g/mol. The fourth-order valence-corrected chi connectivity index (χ4v) is 2.55. The molecule has 1 aromatic rings. The van der Waals surface area contributed by atoms with Crippen molar-refractivity contribution in [2.75, 3.05) is 13.6 Å². The van der Waals surface area contributed by atoms with Gasteiger partial charge in [0.2, 0.25) is 5.91 Å². The highest BCUT2D eigenvalue weighted by atomic mass is 127. The topological polar surface area (TPSA) is 96.2 Å². The summed E-state index contributed by atoms with van der Waals surface area (Å²) in [5.74, 6) is 1.38. The minimum absolute atomic E-state index is 0. The zero-order valence-corrected chi connectivity index (χ0v) is 16.0. The highest BCUT2D eigenvalue weighted by Gasteiger charge is 2.15. The lowest BCUT2D eigenvalue weighted by molar-refractivity contribution is -0.120. The third-order valence-electron chi connectivity index (χ3n) is 3.83. The van der Waals surface area contributed by atoms with E-state index >= 15 is 0 Å². The van der Waals surface area contributed by atoms with Gasteiger partial charge in [-0.3, -0.25) is 14.5 Å². The van der Waals surface area contributed by atoms with Crippen molar-refractivity contribution in [3.63, 3.8) is 0 Å². The fourth-order valence-electron chi connectivity index (χ4n) is 2.55. The maximum Gasteiger partial charge on any atom is 0.239 e.